The molecule has 2 N–H and O–H groups in total. The van der Waals surface area contributed by atoms with Gasteiger partial charge in [-0.15, -0.1) is 0 Å². The van der Waals surface area contributed by atoms with E-state index in [0.29, 0.717) is 6.04 Å². The number of aryl methyl sites for hydroxylation is 1. The predicted molar refractivity (Wildman–Crippen MR) is 66.3 cm³/mol. The van der Waals surface area contributed by atoms with E-state index in [9.17, 15) is 0 Å². The lowest BCUT2D eigenvalue weighted by molar-refractivity contribution is 0.664. The standard InChI is InChI=1S/C13H17N3/c1-3-13-15-10-7-9(14)4-5-11(10)16(13)12-6-8(12)2/h4-5,7-8,12H,3,6,14H2,1-2H3. The van der Waals surface area contributed by atoms with E-state index in [4.69, 9.17) is 5.73 Å². The first kappa shape index (κ1) is 9.70. The Balaban J connectivity index is 2.23. The molecule has 84 valence electrons. The largest absolute Gasteiger partial charge is 0.399 e. The fourth-order valence-corrected chi connectivity index (χ4v) is 2.45. The highest BCUT2D eigenvalue weighted by molar-refractivity contribution is 5.80. The average Bonchev–Trinajstić information content (AvgIpc) is 2.86. The average molecular weight is 215 g/mol. The van der Waals surface area contributed by atoms with Crippen LogP contribution in [0.4, 0.5) is 5.69 Å². The van der Waals surface area contributed by atoms with Crippen LogP contribution < -0.4 is 5.73 Å². The highest BCUT2D eigenvalue weighted by Crippen LogP contribution is 2.45. The zero-order chi connectivity index (χ0) is 11.3. The molecule has 2 unspecified atom stereocenters. The SMILES string of the molecule is CCc1nc2cc(N)ccc2n1C1CC1C. The van der Waals surface area contributed by atoms with Crippen molar-refractivity contribution in [3.8, 4) is 0 Å². The zero-order valence-corrected chi connectivity index (χ0v) is 9.77. The Morgan fingerprint density at radius 1 is 1.50 bits per heavy atom. The van der Waals surface area contributed by atoms with Gasteiger partial charge in [0.05, 0.1) is 11.0 Å². The van der Waals surface area contributed by atoms with Crippen molar-refractivity contribution in [2.24, 2.45) is 5.92 Å². The Kier molecular flexibility index (Phi) is 1.96. The fourth-order valence-electron chi connectivity index (χ4n) is 2.45. The van der Waals surface area contributed by atoms with Crippen LogP contribution >= 0.6 is 0 Å². The molecule has 1 aliphatic rings. The van der Waals surface area contributed by atoms with Gasteiger partial charge >= 0.3 is 0 Å². The molecular weight excluding hydrogens is 198 g/mol. The third-order valence-corrected chi connectivity index (χ3v) is 3.50. The quantitative estimate of drug-likeness (QED) is 0.783. The summed E-state index contributed by atoms with van der Waals surface area (Å²) in [6, 6.07) is 6.69. The Morgan fingerprint density at radius 2 is 2.25 bits per heavy atom. The molecule has 0 spiro atoms. The van der Waals surface area contributed by atoms with E-state index in [2.05, 4.69) is 29.5 Å². The second-order valence-corrected chi connectivity index (χ2v) is 4.78. The number of hydrogen-bond acceptors (Lipinski definition) is 2. The molecule has 1 aliphatic carbocycles. The van der Waals surface area contributed by atoms with Crippen LogP contribution in [0.2, 0.25) is 0 Å². The number of hydrogen-bond donors (Lipinski definition) is 1. The molecule has 16 heavy (non-hydrogen) atoms. The van der Waals surface area contributed by atoms with Gasteiger partial charge in [-0.3, -0.25) is 0 Å². The maximum atomic E-state index is 5.79. The van der Waals surface area contributed by atoms with Crippen LogP contribution in [0.15, 0.2) is 18.2 Å². The van der Waals surface area contributed by atoms with Gasteiger partial charge in [0.2, 0.25) is 0 Å². The number of fused-ring (bicyclic) bond motifs is 1. The van der Waals surface area contributed by atoms with Crippen molar-refractivity contribution in [3.63, 3.8) is 0 Å². The minimum Gasteiger partial charge on any atom is -0.399 e. The summed E-state index contributed by atoms with van der Waals surface area (Å²) in [5.74, 6) is 1.98. The monoisotopic (exact) mass is 215 g/mol. The third kappa shape index (κ3) is 1.31. The van der Waals surface area contributed by atoms with Crippen LogP contribution in [0.5, 0.6) is 0 Å². The summed E-state index contributed by atoms with van der Waals surface area (Å²) in [4.78, 5) is 4.67. The highest BCUT2D eigenvalue weighted by Gasteiger charge is 2.36. The molecule has 3 nitrogen and oxygen atoms in total. The molecule has 0 saturated heterocycles. The molecule has 0 radical (unpaired) electrons. The predicted octanol–water partition coefficient (Wildman–Crippen LogP) is 2.76. The van der Waals surface area contributed by atoms with Gasteiger partial charge in [-0.05, 0) is 30.5 Å². The summed E-state index contributed by atoms with van der Waals surface area (Å²) in [5.41, 5.74) is 8.86. The number of benzene rings is 1. The number of nitrogens with zero attached hydrogens (tertiary/aromatic N) is 2. The second kappa shape index (κ2) is 3.24. The number of anilines is 1. The summed E-state index contributed by atoms with van der Waals surface area (Å²) < 4.78 is 2.40. The number of imidazole rings is 1. The summed E-state index contributed by atoms with van der Waals surface area (Å²) in [5, 5.41) is 0. The molecule has 3 rings (SSSR count). The number of nitrogens with two attached hydrogens (primary N) is 1. The third-order valence-electron chi connectivity index (χ3n) is 3.50. The van der Waals surface area contributed by atoms with Crippen molar-refractivity contribution in [2.45, 2.75) is 32.7 Å². The fraction of sp³-hybridized carbons (Fsp3) is 0.462. The molecule has 0 amide bonds. The topological polar surface area (TPSA) is 43.8 Å². The lowest BCUT2D eigenvalue weighted by Gasteiger charge is -2.06. The maximum absolute atomic E-state index is 5.79. The van der Waals surface area contributed by atoms with E-state index in [1.54, 1.807) is 0 Å². The first-order valence-corrected chi connectivity index (χ1v) is 5.97. The molecule has 1 fully saturated rings. The van der Waals surface area contributed by atoms with E-state index < -0.39 is 0 Å². The number of nitrogen functional groups attached to an aromatic ring is 1. The van der Waals surface area contributed by atoms with Crippen LogP contribution in [0, 0.1) is 5.92 Å². The summed E-state index contributed by atoms with van der Waals surface area (Å²) in [6.07, 6.45) is 2.26. The minimum atomic E-state index is 0.656. The van der Waals surface area contributed by atoms with Crippen molar-refractivity contribution in [2.75, 3.05) is 5.73 Å². The van der Waals surface area contributed by atoms with E-state index in [1.165, 1.54) is 17.8 Å². The van der Waals surface area contributed by atoms with E-state index >= 15 is 0 Å². The first-order valence-electron chi connectivity index (χ1n) is 5.97. The van der Waals surface area contributed by atoms with E-state index in [0.717, 1.165) is 23.5 Å². The van der Waals surface area contributed by atoms with E-state index in [-0.39, 0.29) is 0 Å². The minimum absolute atomic E-state index is 0.656. The van der Waals surface area contributed by atoms with Gasteiger partial charge < -0.3 is 10.3 Å². The zero-order valence-electron chi connectivity index (χ0n) is 9.77. The molecule has 0 aliphatic heterocycles. The lowest BCUT2D eigenvalue weighted by atomic mass is 10.3. The second-order valence-electron chi connectivity index (χ2n) is 4.78. The van der Waals surface area contributed by atoms with Gasteiger partial charge in [0, 0.05) is 18.2 Å². The van der Waals surface area contributed by atoms with Gasteiger partial charge in [0.1, 0.15) is 5.82 Å². The molecule has 1 heterocycles. The van der Waals surface area contributed by atoms with Crippen LogP contribution in [0.1, 0.15) is 32.1 Å². The molecular formula is C13H17N3. The van der Waals surface area contributed by atoms with E-state index in [1.807, 2.05) is 12.1 Å². The summed E-state index contributed by atoms with van der Waals surface area (Å²) in [6.45, 7) is 4.46. The Hall–Kier alpha value is -1.51. The number of aromatic nitrogens is 2. The molecule has 2 atom stereocenters. The van der Waals surface area contributed by atoms with Gasteiger partial charge in [0.15, 0.2) is 0 Å². The van der Waals surface area contributed by atoms with Crippen molar-refractivity contribution in [1.82, 2.24) is 9.55 Å². The normalized spacial score (nSPS) is 23.9. The van der Waals surface area contributed by atoms with Crippen LogP contribution in [0.25, 0.3) is 11.0 Å². The molecule has 0 bridgehead atoms. The van der Waals surface area contributed by atoms with Gasteiger partial charge in [0.25, 0.3) is 0 Å². The summed E-state index contributed by atoms with van der Waals surface area (Å²) in [7, 11) is 0. The Bertz CT molecular complexity index is 541. The lowest BCUT2D eigenvalue weighted by Crippen LogP contribution is -2.01. The smallest absolute Gasteiger partial charge is 0.109 e. The molecule has 3 heteroatoms. The van der Waals surface area contributed by atoms with Crippen LogP contribution in [0.3, 0.4) is 0 Å². The van der Waals surface area contributed by atoms with Crippen molar-refractivity contribution >= 4 is 16.7 Å². The Morgan fingerprint density at radius 3 is 2.88 bits per heavy atom. The highest BCUT2D eigenvalue weighted by atomic mass is 15.1. The molecule has 1 aromatic carbocycles. The van der Waals surface area contributed by atoms with Crippen LogP contribution in [-0.2, 0) is 6.42 Å². The summed E-state index contributed by atoms with van der Waals surface area (Å²) >= 11 is 0. The first-order chi connectivity index (χ1) is 7.70. The molecule has 1 saturated carbocycles. The Labute approximate surface area is 95.3 Å². The van der Waals surface area contributed by atoms with Crippen molar-refractivity contribution in [1.29, 1.82) is 0 Å². The van der Waals surface area contributed by atoms with Gasteiger partial charge in [-0.1, -0.05) is 13.8 Å². The van der Waals surface area contributed by atoms with Crippen molar-refractivity contribution in [3.05, 3.63) is 24.0 Å². The number of rotatable bonds is 2. The molecule has 1 aromatic heterocycles. The van der Waals surface area contributed by atoms with Crippen LogP contribution in [-0.4, -0.2) is 9.55 Å². The van der Waals surface area contributed by atoms with Gasteiger partial charge in [-0.25, -0.2) is 4.98 Å². The van der Waals surface area contributed by atoms with Crippen molar-refractivity contribution < 1.29 is 0 Å². The molecule has 2 aromatic rings. The van der Waals surface area contributed by atoms with Gasteiger partial charge in [-0.2, -0.15) is 0 Å². The maximum Gasteiger partial charge on any atom is 0.109 e.